The second kappa shape index (κ2) is 26.0. The van der Waals surface area contributed by atoms with Crippen LogP contribution in [0.15, 0.2) is 12.7 Å². The first-order valence-electron chi connectivity index (χ1n) is 25.6. The van der Waals surface area contributed by atoms with Crippen molar-refractivity contribution in [3.05, 3.63) is 12.7 Å². The van der Waals surface area contributed by atoms with Crippen LogP contribution in [0, 0.1) is 40.4 Å². The summed E-state index contributed by atoms with van der Waals surface area (Å²) in [6.07, 6.45) is 12.9. The van der Waals surface area contributed by atoms with Crippen LogP contribution in [0.4, 0.5) is 0 Å². The van der Waals surface area contributed by atoms with Crippen molar-refractivity contribution in [3.63, 3.8) is 0 Å². The first-order chi connectivity index (χ1) is 30.7. The van der Waals surface area contributed by atoms with Gasteiger partial charge >= 0.3 is 27.9 Å². The largest absolute Gasteiger partial charge is 0.488 e. The summed E-state index contributed by atoms with van der Waals surface area (Å²) in [6.45, 7) is 41.3. The second-order valence-electron chi connectivity index (χ2n) is 25.7. The Morgan fingerprint density at radius 1 is 0.700 bits per heavy atom. The van der Waals surface area contributed by atoms with Crippen molar-refractivity contribution in [1.82, 2.24) is 10.6 Å². The molecule has 1 radical (unpaired) electrons. The van der Waals surface area contributed by atoms with Crippen LogP contribution in [0.25, 0.3) is 0 Å². The Hall–Kier alpha value is -1.98. The van der Waals surface area contributed by atoms with E-state index in [-0.39, 0.29) is 90.3 Å². The molecule has 3 aliphatic carbocycles. The van der Waals surface area contributed by atoms with E-state index in [4.69, 9.17) is 45.2 Å². The summed E-state index contributed by atoms with van der Waals surface area (Å²) in [5, 5.41) is 32.9. The molecule has 0 aromatic rings. The third kappa shape index (κ3) is 18.7. The van der Waals surface area contributed by atoms with Gasteiger partial charge in [-0.15, -0.1) is 6.58 Å². The molecule has 9 N–H and O–H groups in total. The first kappa shape index (κ1) is 68.0. The van der Waals surface area contributed by atoms with Gasteiger partial charge < -0.3 is 55.9 Å². The number of carboxylic acid groups (broad SMARTS) is 1. The van der Waals surface area contributed by atoms with Gasteiger partial charge in [-0.3, -0.25) is 14.4 Å². The van der Waals surface area contributed by atoms with Crippen LogP contribution < -0.4 is 22.1 Å². The monoisotopic (exact) mass is 992 g/mol. The van der Waals surface area contributed by atoms with E-state index in [0.29, 0.717) is 42.9 Å². The molecular formula is C53H106B3N4O10. The average molecular weight is 992 g/mol. The molecule has 17 heteroatoms. The fourth-order valence-electron chi connectivity index (χ4n) is 9.67. The Bertz CT molecular complexity index is 1640. The normalized spacial score (nSPS) is 32.7. The van der Waals surface area contributed by atoms with Crippen LogP contribution >= 0.6 is 0 Å². The molecule has 3 saturated carbocycles. The molecule has 9 atom stereocenters. The van der Waals surface area contributed by atoms with Crippen LogP contribution in [-0.4, -0.2) is 99.9 Å². The summed E-state index contributed by atoms with van der Waals surface area (Å²) in [7, 11) is -0.0541. The summed E-state index contributed by atoms with van der Waals surface area (Å²) >= 11 is 0. The van der Waals surface area contributed by atoms with E-state index in [9.17, 15) is 14.4 Å². The Kier molecular flexibility index (Phi) is 25.3. The topological polar surface area (TPSA) is 225 Å². The summed E-state index contributed by atoms with van der Waals surface area (Å²) in [6, 6.07) is -0.528. The zero-order chi connectivity index (χ0) is 52.7. The number of hydrogen-bond acceptors (Lipinski definition) is 11. The molecule has 0 aromatic carbocycles. The van der Waals surface area contributed by atoms with Crippen molar-refractivity contribution in [3.8, 4) is 0 Å². The van der Waals surface area contributed by atoms with Gasteiger partial charge in [-0.25, -0.2) is 0 Å². The number of hydrogen-bond donors (Lipinski definition) is 7. The number of carbonyl (C=O) groups excluding carboxylic acids is 2. The molecule has 2 aliphatic heterocycles. The Morgan fingerprint density at radius 3 is 1.50 bits per heavy atom. The van der Waals surface area contributed by atoms with E-state index >= 15 is 0 Å². The Balaban J connectivity index is 0.000000951. The highest BCUT2D eigenvalue weighted by atomic mass is 16.7. The molecule has 14 nitrogen and oxygen atoms in total. The minimum absolute atomic E-state index is 0. The number of aliphatic carboxylic acids is 1. The molecule has 2 heterocycles. The van der Waals surface area contributed by atoms with Gasteiger partial charge in [0, 0.05) is 27.9 Å². The van der Waals surface area contributed by atoms with Crippen LogP contribution in [0.1, 0.15) is 210 Å². The van der Waals surface area contributed by atoms with Gasteiger partial charge in [0.05, 0.1) is 22.4 Å². The smallest absolute Gasteiger partial charge is 0.480 e. The SMILES string of the molecule is C.C.C=CC1CCC(C)C(C)(C(=O)NC(C)(C)C)C1.CC1(C)O[B]OC1(C)C.CC1CCC(CCB2OC(C)(C)C(C)(C)O2)CC1(C)C(=O)NC(C)(C)C.NC1CCC(CCB(O)O)CC1(N)C(=O)O. The zero-order valence-electron chi connectivity index (χ0n) is 46.0. The molecule has 0 bridgehead atoms. The maximum atomic E-state index is 13.0. The molecule has 5 aliphatic rings. The van der Waals surface area contributed by atoms with E-state index in [1.807, 2.05) is 54.5 Å². The lowest BCUT2D eigenvalue weighted by Crippen LogP contribution is -2.63. The summed E-state index contributed by atoms with van der Waals surface area (Å²) < 4.78 is 22.7. The second-order valence-corrected chi connectivity index (χ2v) is 25.7. The molecule has 5 fully saturated rings. The number of carbonyl (C=O) groups is 3. The molecule has 0 aromatic heterocycles. The number of allylic oxidation sites excluding steroid dienone is 1. The lowest BCUT2D eigenvalue weighted by Gasteiger charge is -2.43. The standard InChI is InChI=1S/C21H40BNO3.C15H27NO.C9H19BN2O4.C6H12BO2.2CH4/c1-15-10-11-16(14-21(15,9)17(24)23-18(2,3)4)12-13-22-25-19(5,6)20(7,8)26-22;1-7-12-9-8-11(2)15(6,10-12)13(17)16-14(3,4)5;11-7-2-1-6(3-4-10(15)16)5-9(7,12)8(13)14;1-5(2)6(3,4)9-7-8-5;;/h15-16H,10-14H2,1-9H3,(H,23,24);7,11-12H,1,8-10H2,2-6H3,(H,16,17);6-7,15-16H,1-5,11-12H2,(H,13,14);1-4H3;2*1H4. The molecule has 9 unspecified atom stereocenters. The van der Waals surface area contributed by atoms with E-state index in [1.54, 1.807) is 0 Å². The number of rotatable bonds is 10. The molecular weight excluding hydrogens is 885 g/mol. The number of nitrogens with one attached hydrogen (secondary N) is 2. The molecule has 2 saturated heterocycles. The minimum atomic E-state index is -1.37. The Labute approximate surface area is 429 Å². The van der Waals surface area contributed by atoms with Crippen molar-refractivity contribution in [1.29, 1.82) is 0 Å². The Morgan fingerprint density at radius 2 is 1.11 bits per heavy atom. The van der Waals surface area contributed by atoms with E-state index in [1.165, 1.54) is 20.5 Å². The van der Waals surface area contributed by atoms with Crippen molar-refractivity contribution >= 4 is 39.7 Å². The van der Waals surface area contributed by atoms with E-state index in [0.717, 1.165) is 44.8 Å². The molecule has 0 spiro atoms. The third-order valence-electron chi connectivity index (χ3n) is 16.6. The predicted molar refractivity (Wildman–Crippen MR) is 290 cm³/mol. The lowest BCUT2D eigenvalue weighted by atomic mass is 9.62. The van der Waals surface area contributed by atoms with Gasteiger partial charge in [0.15, 0.2) is 0 Å². The quantitative estimate of drug-likeness (QED) is 0.0803. The highest BCUT2D eigenvalue weighted by Gasteiger charge is 2.52. The van der Waals surface area contributed by atoms with Crippen LogP contribution in [-0.2, 0) is 33.0 Å². The number of carboxylic acids is 1. The van der Waals surface area contributed by atoms with Gasteiger partial charge in [-0.1, -0.05) is 67.9 Å². The van der Waals surface area contributed by atoms with Crippen molar-refractivity contribution in [2.75, 3.05) is 0 Å². The van der Waals surface area contributed by atoms with Gasteiger partial charge in [0.1, 0.15) is 5.54 Å². The maximum Gasteiger partial charge on any atom is 0.488 e. The predicted octanol–water partition coefficient (Wildman–Crippen LogP) is 9.51. The van der Waals surface area contributed by atoms with E-state index < -0.39 is 24.7 Å². The third-order valence-corrected chi connectivity index (χ3v) is 16.6. The van der Waals surface area contributed by atoms with Gasteiger partial charge in [-0.2, -0.15) is 0 Å². The van der Waals surface area contributed by atoms with Crippen molar-refractivity contribution < 1.29 is 48.2 Å². The summed E-state index contributed by atoms with van der Waals surface area (Å²) in [5.74, 6) is 1.33. The maximum absolute atomic E-state index is 13.0. The molecule has 2 amide bonds. The van der Waals surface area contributed by atoms with E-state index in [2.05, 4.69) is 93.4 Å². The van der Waals surface area contributed by atoms with Crippen molar-refractivity contribution in [2.24, 2.45) is 51.9 Å². The van der Waals surface area contributed by atoms with Crippen LogP contribution in [0.2, 0.25) is 12.6 Å². The molecule has 5 rings (SSSR count). The fraction of sp³-hybridized carbons (Fsp3) is 0.906. The zero-order valence-corrected chi connectivity index (χ0v) is 46.0. The molecule has 70 heavy (non-hydrogen) atoms. The molecule has 407 valence electrons. The fourth-order valence-corrected chi connectivity index (χ4v) is 9.67. The van der Waals surface area contributed by atoms with Gasteiger partial charge in [0.25, 0.3) is 0 Å². The highest BCUT2D eigenvalue weighted by Crippen LogP contribution is 2.47. The summed E-state index contributed by atoms with van der Waals surface area (Å²) in [5.41, 5.74) is 8.38. The van der Waals surface area contributed by atoms with Crippen LogP contribution in [0.3, 0.4) is 0 Å². The van der Waals surface area contributed by atoms with Crippen LogP contribution in [0.5, 0.6) is 0 Å². The minimum Gasteiger partial charge on any atom is -0.480 e. The lowest BCUT2D eigenvalue weighted by molar-refractivity contribution is -0.146. The number of amides is 2. The summed E-state index contributed by atoms with van der Waals surface area (Å²) in [4.78, 5) is 36.5. The number of nitrogens with two attached hydrogens (primary N) is 2. The van der Waals surface area contributed by atoms with Gasteiger partial charge in [0.2, 0.25) is 11.8 Å². The average Bonchev–Trinajstić information content (AvgIpc) is 3.56. The van der Waals surface area contributed by atoms with Crippen molar-refractivity contribution in [2.45, 2.75) is 268 Å². The van der Waals surface area contributed by atoms with Gasteiger partial charge in [-0.05, 0) is 191 Å². The highest BCUT2D eigenvalue weighted by molar-refractivity contribution is 6.45. The first-order valence-corrected chi connectivity index (χ1v) is 25.6.